The molecular formula is C25H23ClN2O3S. The first kappa shape index (κ1) is 22.2. The van der Waals surface area contributed by atoms with Crippen LogP contribution in [0.4, 0.5) is 4.79 Å². The summed E-state index contributed by atoms with van der Waals surface area (Å²) < 4.78 is 7.76. The maximum absolute atomic E-state index is 12.9. The normalized spacial score (nSPS) is 15.1. The summed E-state index contributed by atoms with van der Waals surface area (Å²) in [6.45, 7) is 6.39. The van der Waals surface area contributed by atoms with Gasteiger partial charge in [0.15, 0.2) is 0 Å². The maximum Gasteiger partial charge on any atom is 0.293 e. The Morgan fingerprint density at radius 1 is 1.03 bits per heavy atom. The Morgan fingerprint density at radius 2 is 1.81 bits per heavy atom. The van der Waals surface area contributed by atoms with Gasteiger partial charge in [-0.2, -0.15) is 0 Å². The highest BCUT2D eigenvalue weighted by Crippen LogP contribution is 2.34. The second kappa shape index (κ2) is 9.27. The lowest BCUT2D eigenvalue weighted by molar-refractivity contribution is -0.123. The predicted molar refractivity (Wildman–Crippen MR) is 130 cm³/mol. The van der Waals surface area contributed by atoms with Crippen LogP contribution in [0.2, 0.25) is 5.02 Å². The van der Waals surface area contributed by atoms with Crippen LogP contribution in [-0.4, -0.2) is 33.8 Å². The van der Waals surface area contributed by atoms with E-state index in [0.29, 0.717) is 9.93 Å². The average Bonchev–Trinajstić information content (AvgIpc) is 3.18. The number of nitrogens with zero attached hydrogens (tertiary/aromatic N) is 2. The molecule has 4 rings (SSSR count). The molecule has 0 saturated carbocycles. The Labute approximate surface area is 196 Å². The van der Waals surface area contributed by atoms with Crippen LogP contribution in [0.5, 0.6) is 5.75 Å². The third-order valence-corrected chi connectivity index (χ3v) is 6.52. The van der Waals surface area contributed by atoms with Crippen LogP contribution in [0.25, 0.3) is 11.8 Å². The number of benzene rings is 2. The van der Waals surface area contributed by atoms with E-state index in [0.717, 1.165) is 45.7 Å². The Morgan fingerprint density at radius 3 is 2.56 bits per heavy atom. The van der Waals surface area contributed by atoms with E-state index in [9.17, 15) is 9.59 Å². The molecule has 0 spiro atoms. The van der Waals surface area contributed by atoms with E-state index in [2.05, 4.69) is 0 Å². The second-order valence-corrected chi connectivity index (χ2v) is 9.01. The van der Waals surface area contributed by atoms with Crippen LogP contribution in [0.15, 0.2) is 59.5 Å². The molecule has 3 aromatic rings. The number of imide groups is 1. The highest BCUT2D eigenvalue weighted by Gasteiger charge is 2.35. The van der Waals surface area contributed by atoms with Crippen LogP contribution in [0.1, 0.15) is 22.5 Å². The minimum Gasteiger partial charge on any atom is -0.492 e. The smallest absolute Gasteiger partial charge is 0.293 e. The van der Waals surface area contributed by atoms with E-state index < -0.39 is 0 Å². The number of aryl methyl sites for hydroxylation is 2. The summed E-state index contributed by atoms with van der Waals surface area (Å²) in [6, 6.07) is 17.3. The van der Waals surface area contributed by atoms with Crippen LogP contribution in [0, 0.1) is 20.8 Å². The molecule has 0 radical (unpaired) electrons. The van der Waals surface area contributed by atoms with Gasteiger partial charge in [-0.25, -0.2) is 0 Å². The molecule has 7 heteroatoms. The standard InChI is InChI=1S/C25H23ClN2O3S/c1-16-7-6-8-20(13-16)31-12-11-27-24(29)23(32-25(27)30)15-19-14-17(2)28(18(19)3)22-10-5-4-9-21(22)26/h4-10,13-15H,11-12H2,1-3H3/b23-15-. The molecule has 1 aliphatic heterocycles. The van der Waals surface area contributed by atoms with E-state index in [4.69, 9.17) is 16.3 Å². The molecule has 5 nitrogen and oxygen atoms in total. The van der Waals surface area contributed by atoms with Crippen LogP contribution in [-0.2, 0) is 4.79 Å². The van der Waals surface area contributed by atoms with Crippen molar-refractivity contribution < 1.29 is 14.3 Å². The molecule has 1 saturated heterocycles. The number of ether oxygens (including phenoxy) is 1. The van der Waals surface area contributed by atoms with Gasteiger partial charge in [0.25, 0.3) is 11.1 Å². The third-order valence-electron chi connectivity index (χ3n) is 5.30. The highest BCUT2D eigenvalue weighted by molar-refractivity contribution is 8.18. The molecule has 1 aliphatic rings. The van der Waals surface area contributed by atoms with Crippen molar-refractivity contribution in [2.45, 2.75) is 20.8 Å². The Kier molecular flexibility index (Phi) is 6.44. The molecule has 0 unspecified atom stereocenters. The van der Waals surface area contributed by atoms with Crippen molar-refractivity contribution in [3.63, 3.8) is 0 Å². The van der Waals surface area contributed by atoms with Crippen LogP contribution < -0.4 is 4.74 Å². The number of aromatic nitrogens is 1. The summed E-state index contributed by atoms with van der Waals surface area (Å²) in [7, 11) is 0. The predicted octanol–water partition coefficient (Wildman–Crippen LogP) is 6.17. The highest BCUT2D eigenvalue weighted by atomic mass is 35.5. The summed E-state index contributed by atoms with van der Waals surface area (Å²) >= 11 is 7.34. The van der Waals surface area contributed by atoms with Crippen LogP contribution >= 0.6 is 23.4 Å². The van der Waals surface area contributed by atoms with Gasteiger partial charge in [-0.05, 0) is 80.1 Å². The SMILES string of the molecule is Cc1cccc(OCCN2C(=O)S/C(=C\c3cc(C)n(-c4ccccc4Cl)c3C)C2=O)c1. The topological polar surface area (TPSA) is 51.5 Å². The monoisotopic (exact) mass is 466 g/mol. The van der Waals surface area contributed by atoms with Crippen molar-refractivity contribution in [2.75, 3.05) is 13.2 Å². The van der Waals surface area contributed by atoms with Gasteiger partial charge in [-0.1, -0.05) is 35.9 Å². The summed E-state index contributed by atoms with van der Waals surface area (Å²) in [5.74, 6) is 0.426. The van der Waals surface area contributed by atoms with Crippen molar-refractivity contribution in [1.29, 1.82) is 0 Å². The number of rotatable bonds is 6. The molecule has 0 atom stereocenters. The van der Waals surface area contributed by atoms with Gasteiger partial charge in [0.1, 0.15) is 12.4 Å². The number of para-hydroxylation sites is 1. The Bertz CT molecular complexity index is 1230. The maximum atomic E-state index is 12.9. The minimum absolute atomic E-state index is 0.203. The van der Waals surface area contributed by atoms with Gasteiger partial charge in [0.2, 0.25) is 0 Å². The van der Waals surface area contributed by atoms with Crippen molar-refractivity contribution in [2.24, 2.45) is 0 Å². The lowest BCUT2D eigenvalue weighted by Crippen LogP contribution is -2.32. The number of carbonyl (C=O) groups is 2. The molecule has 2 amide bonds. The molecular weight excluding hydrogens is 444 g/mol. The van der Waals surface area contributed by atoms with Gasteiger partial charge in [0, 0.05) is 11.4 Å². The lowest BCUT2D eigenvalue weighted by Gasteiger charge is -2.13. The van der Waals surface area contributed by atoms with Gasteiger partial charge in [-0.3, -0.25) is 14.5 Å². The Hall–Kier alpha value is -2.96. The number of thioether (sulfide) groups is 1. The van der Waals surface area contributed by atoms with E-state index in [1.807, 2.05) is 79.9 Å². The first-order valence-corrected chi connectivity index (χ1v) is 11.4. The van der Waals surface area contributed by atoms with Crippen molar-refractivity contribution in [1.82, 2.24) is 9.47 Å². The summed E-state index contributed by atoms with van der Waals surface area (Å²) in [4.78, 5) is 27.0. The van der Waals surface area contributed by atoms with Gasteiger partial charge in [0.05, 0.1) is 22.2 Å². The largest absolute Gasteiger partial charge is 0.492 e. The first-order chi connectivity index (χ1) is 15.3. The fraction of sp³-hybridized carbons (Fsp3) is 0.200. The molecule has 164 valence electrons. The van der Waals surface area contributed by atoms with E-state index in [-0.39, 0.29) is 24.3 Å². The van der Waals surface area contributed by atoms with Crippen molar-refractivity contribution >= 4 is 40.6 Å². The van der Waals surface area contributed by atoms with E-state index >= 15 is 0 Å². The lowest BCUT2D eigenvalue weighted by atomic mass is 10.2. The number of halogens is 1. The molecule has 0 bridgehead atoms. The molecule has 1 fully saturated rings. The van der Waals surface area contributed by atoms with E-state index in [1.54, 1.807) is 6.08 Å². The molecule has 1 aromatic heterocycles. The average molecular weight is 467 g/mol. The zero-order valence-electron chi connectivity index (χ0n) is 18.1. The van der Waals surface area contributed by atoms with Gasteiger partial charge >= 0.3 is 0 Å². The molecule has 2 heterocycles. The quantitative estimate of drug-likeness (QED) is 0.407. The number of amides is 2. The van der Waals surface area contributed by atoms with Crippen molar-refractivity contribution in [3.8, 4) is 11.4 Å². The summed E-state index contributed by atoms with van der Waals surface area (Å²) in [5.41, 5.74) is 4.79. The summed E-state index contributed by atoms with van der Waals surface area (Å²) in [5, 5.41) is 0.365. The third kappa shape index (κ3) is 4.47. The number of hydrogen-bond donors (Lipinski definition) is 0. The molecule has 32 heavy (non-hydrogen) atoms. The molecule has 0 N–H and O–H groups in total. The molecule has 2 aromatic carbocycles. The van der Waals surface area contributed by atoms with Gasteiger partial charge < -0.3 is 9.30 Å². The fourth-order valence-corrected chi connectivity index (χ4v) is 4.81. The Balaban J connectivity index is 1.51. The van der Waals surface area contributed by atoms with Gasteiger partial charge in [-0.15, -0.1) is 0 Å². The van der Waals surface area contributed by atoms with Crippen LogP contribution in [0.3, 0.4) is 0 Å². The number of hydrogen-bond acceptors (Lipinski definition) is 4. The zero-order chi connectivity index (χ0) is 22.8. The summed E-state index contributed by atoms with van der Waals surface area (Å²) in [6.07, 6.45) is 1.78. The second-order valence-electron chi connectivity index (χ2n) is 7.61. The zero-order valence-corrected chi connectivity index (χ0v) is 19.7. The molecule has 0 aliphatic carbocycles. The minimum atomic E-state index is -0.296. The van der Waals surface area contributed by atoms with E-state index in [1.165, 1.54) is 4.90 Å². The fourth-order valence-electron chi connectivity index (χ4n) is 3.73. The number of carbonyl (C=O) groups excluding carboxylic acids is 2. The first-order valence-electron chi connectivity index (χ1n) is 10.2. The van der Waals surface area contributed by atoms with Crippen molar-refractivity contribution in [3.05, 3.63) is 87.0 Å².